The van der Waals surface area contributed by atoms with E-state index >= 15 is 0 Å². The maximum atomic E-state index is 3.61. The van der Waals surface area contributed by atoms with Crippen molar-refractivity contribution in [1.82, 2.24) is 0 Å². The van der Waals surface area contributed by atoms with E-state index in [2.05, 4.69) is 77.2 Å². The predicted molar refractivity (Wildman–Crippen MR) is 72.7 cm³/mol. The SMILES string of the molecule is CP(c1ccccc1)c1ccccc1Br. The molecule has 1 unspecified atom stereocenters. The molecule has 0 aromatic heterocycles. The van der Waals surface area contributed by atoms with Crippen LogP contribution in [0.15, 0.2) is 59.1 Å². The molecule has 0 bridgehead atoms. The molecule has 1 atom stereocenters. The normalized spacial score (nSPS) is 12.4. The van der Waals surface area contributed by atoms with Gasteiger partial charge < -0.3 is 0 Å². The van der Waals surface area contributed by atoms with Crippen molar-refractivity contribution >= 4 is 34.5 Å². The quantitative estimate of drug-likeness (QED) is 0.738. The first kappa shape index (κ1) is 10.9. The first-order chi connectivity index (χ1) is 7.29. The first-order valence-corrected chi connectivity index (χ1v) is 7.40. The molecule has 0 amide bonds. The highest BCUT2D eigenvalue weighted by Crippen LogP contribution is 2.31. The van der Waals surface area contributed by atoms with Crippen molar-refractivity contribution in [2.75, 3.05) is 6.66 Å². The predicted octanol–water partition coefficient (Wildman–Crippen LogP) is 3.51. The number of benzene rings is 2. The molecule has 0 aliphatic heterocycles. The summed E-state index contributed by atoms with van der Waals surface area (Å²) < 4.78 is 1.21. The summed E-state index contributed by atoms with van der Waals surface area (Å²) in [5.74, 6) is 0. The van der Waals surface area contributed by atoms with Crippen molar-refractivity contribution in [1.29, 1.82) is 0 Å². The summed E-state index contributed by atoms with van der Waals surface area (Å²) in [6.45, 7) is 2.30. The van der Waals surface area contributed by atoms with Crippen LogP contribution in [0.5, 0.6) is 0 Å². The van der Waals surface area contributed by atoms with Gasteiger partial charge in [-0.3, -0.25) is 0 Å². The molecule has 2 rings (SSSR count). The second-order valence-electron chi connectivity index (χ2n) is 3.35. The van der Waals surface area contributed by atoms with Crippen LogP contribution >= 0.6 is 23.9 Å². The summed E-state index contributed by atoms with van der Waals surface area (Å²) in [7, 11) is -0.238. The molecule has 0 spiro atoms. The van der Waals surface area contributed by atoms with Crippen LogP contribution in [-0.2, 0) is 0 Å². The Bertz CT molecular complexity index is 439. The standard InChI is InChI=1S/C13H12BrP/c1-15(11-7-3-2-4-8-11)13-10-6-5-9-12(13)14/h2-10H,1H3. The summed E-state index contributed by atoms with van der Waals surface area (Å²) in [4.78, 5) is 0. The van der Waals surface area contributed by atoms with Gasteiger partial charge in [-0.2, -0.15) is 0 Å². The van der Waals surface area contributed by atoms with E-state index in [0.717, 1.165) is 0 Å². The minimum atomic E-state index is -0.238. The highest BCUT2D eigenvalue weighted by Gasteiger charge is 2.09. The summed E-state index contributed by atoms with van der Waals surface area (Å²) in [5, 5.41) is 2.82. The van der Waals surface area contributed by atoms with Crippen LogP contribution in [0, 0.1) is 0 Å². The molecule has 0 heterocycles. The number of halogens is 1. The lowest BCUT2D eigenvalue weighted by Gasteiger charge is -2.14. The Morgan fingerprint density at radius 3 is 2.13 bits per heavy atom. The van der Waals surface area contributed by atoms with Crippen LogP contribution < -0.4 is 10.6 Å². The van der Waals surface area contributed by atoms with E-state index in [0.29, 0.717) is 0 Å². The third-order valence-electron chi connectivity index (χ3n) is 2.36. The third kappa shape index (κ3) is 2.48. The fourth-order valence-corrected chi connectivity index (χ4v) is 4.20. The van der Waals surface area contributed by atoms with Crippen LogP contribution in [-0.4, -0.2) is 6.66 Å². The van der Waals surface area contributed by atoms with E-state index in [-0.39, 0.29) is 7.92 Å². The molecule has 0 N–H and O–H groups in total. The van der Waals surface area contributed by atoms with Crippen molar-refractivity contribution in [2.45, 2.75) is 0 Å². The smallest absolute Gasteiger partial charge is 0.0255 e. The molecule has 0 aliphatic carbocycles. The molecular formula is C13H12BrP. The van der Waals surface area contributed by atoms with E-state index < -0.39 is 0 Å². The van der Waals surface area contributed by atoms with Gasteiger partial charge in [-0.15, -0.1) is 0 Å². The Labute approximate surface area is 100 Å². The molecule has 0 radical (unpaired) electrons. The monoisotopic (exact) mass is 278 g/mol. The molecule has 0 saturated carbocycles. The fourth-order valence-electron chi connectivity index (χ4n) is 1.51. The van der Waals surface area contributed by atoms with Crippen LogP contribution in [0.4, 0.5) is 0 Å². The molecule has 0 nitrogen and oxygen atoms in total. The Kier molecular flexibility index (Phi) is 3.56. The zero-order chi connectivity index (χ0) is 10.7. The molecule has 2 heteroatoms. The van der Waals surface area contributed by atoms with Gasteiger partial charge in [0.05, 0.1) is 0 Å². The lowest BCUT2D eigenvalue weighted by molar-refractivity contribution is 1.71. The van der Waals surface area contributed by atoms with Crippen LogP contribution in [0.25, 0.3) is 0 Å². The van der Waals surface area contributed by atoms with Gasteiger partial charge in [0.2, 0.25) is 0 Å². The maximum absolute atomic E-state index is 3.61. The maximum Gasteiger partial charge on any atom is 0.0255 e. The number of hydrogen-bond acceptors (Lipinski definition) is 0. The van der Waals surface area contributed by atoms with Gasteiger partial charge in [0, 0.05) is 4.47 Å². The molecule has 15 heavy (non-hydrogen) atoms. The van der Waals surface area contributed by atoms with E-state index in [1.165, 1.54) is 15.1 Å². The van der Waals surface area contributed by atoms with Crippen molar-refractivity contribution in [3.05, 3.63) is 59.1 Å². The van der Waals surface area contributed by atoms with Gasteiger partial charge in [-0.25, -0.2) is 0 Å². The molecule has 0 aliphatic rings. The summed E-state index contributed by atoms with van der Waals surface area (Å²) >= 11 is 3.61. The summed E-state index contributed by atoms with van der Waals surface area (Å²) in [5.41, 5.74) is 0. The Hall–Kier alpha value is -0.650. The van der Waals surface area contributed by atoms with Gasteiger partial charge >= 0.3 is 0 Å². The van der Waals surface area contributed by atoms with Gasteiger partial charge in [-0.1, -0.05) is 64.5 Å². The zero-order valence-electron chi connectivity index (χ0n) is 8.52. The minimum absolute atomic E-state index is 0.238. The molecule has 2 aromatic rings. The average Bonchev–Trinajstić information content (AvgIpc) is 2.30. The van der Waals surface area contributed by atoms with Crippen LogP contribution in [0.3, 0.4) is 0 Å². The lowest BCUT2D eigenvalue weighted by atomic mass is 10.4. The van der Waals surface area contributed by atoms with Crippen molar-refractivity contribution < 1.29 is 0 Å². The average molecular weight is 279 g/mol. The second-order valence-corrected chi connectivity index (χ2v) is 6.32. The van der Waals surface area contributed by atoms with Crippen molar-refractivity contribution in [3.8, 4) is 0 Å². The number of rotatable bonds is 2. The highest BCUT2D eigenvalue weighted by atomic mass is 79.9. The van der Waals surface area contributed by atoms with Crippen LogP contribution in [0.2, 0.25) is 0 Å². The van der Waals surface area contributed by atoms with Gasteiger partial charge in [0.25, 0.3) is 0 Å². The molecule has 0 saturated heterocycles. The van der Waals surface area contributed by atoms with E-state index in [1.54, 1.807) is 0 Å². The largest absolute Gasteiger partial charge is 0.0622 e. The molecule has 76 valence electrons. The Balaban J connectivity index is 2.37. The van der Waals surface area contributed by atoms with Crippen LogP contribution in [0.1, 0.15) is 0 Å². The van der Waals surface area contributed by atoms with Gasteiger partial charge in [0.15, 0.2) is 0 Å². The minimum Gasteiger partial charge on any atom is -0.0622 e. The lowest BCUT2D eigenvalue weighted by Crippen LogP contribution is -2.11. The van der Waals surface area contributed by atoms with E-state index in [4.69, 9.17) is 0 Å². The highest BCUT2D eigenvalue weighted by molar-refractivity contribution is 9.10. The summed E-state index contributed by atoms with van der Waals surface area (Å²) in [6.07, 6.45) is 0. The van der Waals surface area contributed by atoms with Gasteiger partial charge in [-0.05, 0) is 31.3 Å². The Morgan fingerprint density at radius 2 is 1.47 bits per heavy atom. The van der Waals surface area contributed by atoms with Gasteiger partial charge in [0.1, 0.15) is 0 Å². The van der Waals surface area contributed by atoms with E-state index in [1.807, 2.05) is 0 Å². The van der Waals surface area contributed by atoms with E-state index in [9.17, 15) is 0 Å². The second kappa shape index (κ2) is 4.92. The van der Waals surface area contributed by atoms with Crippen molar-refractivity contribution in [2.24, 2.45) is 0 Å². The first-order valence-electron chi connectivity index (χ1n) is 4.82. The number of hydrogen-bond donors (Lipinski definition) is 0. The fraction of sp³-hybridized carbons (Fsp3) is 0.0769. The molecule has 2 aromatic carbocycles. The molecular weight excluding hydrogens is 267 g/mol. The summed E-state index contributed by atoms with van der Waals surface area (Å²) in [6, 6.07) is 19.1. The third-order valence-corrected chi connectivity index (χ3v) is 5.54. The topological polar surface area (TPSA) is 0 Å². The Morgan fingerprint density at radius 1 is 0.867 bits per heavy atom. The van der Waals surface area contributed by atoms with Crippen molar-refractivity contribution in [3.63, 3.8) is 0 Å². The zero-order valence-corrected chi connectivity index (χ0v) is 11.0. The molecule has 0 fully saturated rings.